The van der Waals surface area contributed by atoms with Crippen molar-refractivity contribution in [3.63, 3.8) is 0 Å². The van der Waals surface area contributed by atoms with Gasteiger partial charge in [-0.05, 0) is 0 Å². The van der Waals surface area contributed by atoms with Gasteiger partial charge in [-0.2, -0.15) is 0 Å². The Morgan fingerprint density at radius 1 is 1.00 bits per heavy atom. The Bertz CT molecular complexity index is 863. The molecule has 1 spiro atoms. The summed E-state index contributed by atoms with van der Waals surface area (Å²) in [5, 5.41) is 9.28. The van der Waals surface area contributed by atoms with Crippen LogP contribution in [0.4, 0.5) is 0 Å². The Hall–Kier alpha value is -0.0105. The van der Waals surface area contributed by atoms with Crippen LogP contribution in [-0.2, 0) is 11.3 Å². The quantitative estimate of drug-likeness (QED) is 0.757. The summed E-state index contributed by atoms with van der Waals surface area (Å²) in [6.07, 6.45) is 0.653. The number of rotatable bonds is 2. The Morgan fingerprint density at radius 3 is 1.67 bits per heavy atom. The topological polar surface area (TPSA) is 37.3 Å². The second-order valence-electron chi connectivity index (χ2n) is 10.4. The number of carbonyl (C=O) groups is 1. The molecule has 0 saturated carbocycles. The second kappa shape index (κ2) is 0.351. The molecular weight excluding hydrogens is 232 g/mol. The number of carboxylic acids is 1. The average Bonchev–Trinajstić information content (AvgIpc) is 3.12. The van der Waals surface area contributed by atoms with Crippen LogP contribution in [0.1, 0.15) is 6.42 Å². The van der Waals surface area contributed by atoms with Gasteiger partial charge in [0.2, 0.25) is 0 Å². The van der Waals surface area contributed by atoms with Crippen molar-refractivity contribution < 1.29 is 16.4 Å². The molecule has 0 bridgehead atoms. The van der Waals surface area contributed by atoms with E-state index in [2.05, 4.69) is 0 Å². The first-order valence-electron chi connectivity index (χ1n) is 6.39. The van der Waals surface area contributed by atoms with Crippen molar-refractivity contribution >= 4 is 5.97 Å². The molecule has 15 heavy (non-hydrogen) atoms. The van der Waals surface area contributed by atoms with Crippen molar-refractivity contribution in [1.82, 2.24) is 0 Å². The molecule has 2 nitrogen and oxygen atoms in total. The van der Waals surface area contributed by atoms with Crippen molar-refractivity contribution in [2.24, 2.45) is 0 Å². The zero-order valence-corrected chi connectivity index (χ0v) is 9.22. The van der Waals surface area contributed by atoms with Gasteiger partial charge < -0.3 is 0 Å². The van der Waals surface area contributed by atoms with E-state index in [9.17, 15) is 9.90 Å². The predicted octanol–water partition coefficient (Wildman–Crippen LogP) is 3.22. The van der Waals surface area contributed by atoms with Crippen LogP contribution in [-0.4, -0.2) is 11.1 Å². The van der Waals surface area contributed by atoms with Gasteiger partial charge in [0, 0.05) is 0 Å². The molecule has 10 saturated heterocycles. The molecule has 4 atom stereocenters. The molecule has 0 aromatic rings. The standard InChI is InChI=1S/C7H7O2.C5H5.Fe/c8-7(9)5-6-3-1-2-4-6;1-2-4-5-3-1;/h1-4H,5H2,(H,8,9);1-5H;. The normalized spacial score (nSPS) is 133. The zero-order chi connectivity index (χ0) is 9.30. The fraction of sp³-hybridized carbons (Fsp3) is 0.917. The molecule has 4 unspecified atom stereocenters. The van der Waals surface area contributed by atoms with E-state index in [0.717, 1.165) is 9.63 Å². The number of carboxylic acid groups (broad SMARTS) is 1. The first-order valence-corrected chi connectivity index (χ1v) is 12.7. The summed E-state index contributed by atoms with van der Waals surface area (Å²) < 4.78 is 0.616. The second-order valence-corrected chi connectivity index (χ2v) is 34.1. The third-order valence-electron chi connectivity index (χ3n) is 15.4. The summed E-state index contributed by atoms with van der Waals surface area (Å²) in [4.78, 5) is 22.6. The molecule has 0 aliphatic carbocycles. The number of hydrogen-bond acceptors (Lipinski definition) is 1. The van der Waals surface area contributed by atoms with Gasteiger partial charge in [0.05, 0.1) is 0 Å². The summed E-state index contributed by atoms with van der Waals surface area (Å²) in [7, 11) is 0. The Morgan fingerprint density at radius 2 is 1.47 bits per heavy atom. The minimum atomic E-state index is -2.98. The van der Waals surface area contributed by atoms with E-state index in [0.29, 0.717) is 10.7 Å². The van der Waals surface area contributed by atoms with Gasteiger partial charge in [0.1, 0.15) is 0 Å². The third kappa shape index (κ3) is 0.0423. The molecule has 0 radical (unpaired) electrons. The SMILES string of the molecule is O=C(O)C[C]12[CH]3[CH]4[CH]5[CH]1[Fe]45321678[CH]2[CH]1[CH]6[CH]7[CH]28. The van der Waals surface area contributed by atoms with E-state index in [4.69, 9.17) is 0 Å². The Balaban J connectivity index is 1.74. The van der Waals surface area contributed by atoms with Crippen LogP contribution < -0.4 is 0 Å². The number of hydrogen-bond donors (Lipinski definition) is 1. The summed E-state index contributed by atoms with van der Waals surface area (Å²) in [6, 6.07) is 0. The summed E-state index contributed by atoms with van der Waals surface area (Å²) in [6.45, 7) is -2.98. The van der Waals surface area contributed by atoms with Crippen molar-refractivity contribution in [2.75, 3.05) is 0 Å². The van der Waals surface area contributed by atoms with Gasteiger partial charge in [0.25, 0.3) is 0 Å². The summed E-state index contributed by atoms with van der Waals surface area (Å²) in [5.41, 5.74) is 0. The molecule has 0 aromatic heterocycles. The maximum atomic E-state index is 11.2. The van der Waals surface area contributed by atoms with Crippen LogP contribution in [0, 0.1) is 0 Å². The molecule has 3 heteroatoms. The average molecular weight is 244 g/mol. The van der Waals surface area contributed by atoms with Crippen LogP contribution in [0.25, 0.3) is 0 Å². The molecule has 10 rings (SSSR count). The van der Waals surface area contributed by atoms with Crippen molar-refractivity contribution in [2.45, 2.75) is 54.1 Å². The first-order chi connectivity index (χ1) is 6.96. The fourth-order valence-electron chi connectivity index (χ4n) is 17.4. The molecule has 0 amide bonds. The minimum absolute atomic E-state index is 0.442. The van der Waals surface area contributed by atoms with Gasteiger partial charge in [-0.25, -0.2) is 0 Å². The van der Waals surface area contributed by atoms with E-state index < -0.39 is 12.5 Å². The Labute approximate surface area is 76.7 Å². The number of aliphatic carboxylic acids is 1. The zero-order valence-electron chi connectivity index (χ0n) is 8.11. The van der Waals surface area contributed by atoms with E-state index in [-0.39, 0.29) is 0 Å². The molecule has 10 aliphatic heterocycles. The van der Waals surface area contributed by atoms with Gasteiger partial charge in [-0.3, -0.25) is 0 Å². The van der Waals surface area contributed by atoms with E-state index in [1.807, 2.05) is 0 Å². The van der Waals surface area contributed by atoms with E-state index >= 15 is 0 Å². The van der Waals surface area contributed by atoms with Crippen molar-refractivity contribution in [3.8, 4) is 0 Å². The van der Waals surface area contributed by atoms with Crippen molar-refractivity contribution in [1.29, 1.82) is 0 Å². The predicted molar refractivity (Wildman–Crippen MR) is 48.7 cm³/mol. The molecule has 10 fully saturated rings. The van der Waals surface area contributed by atoms with Crippen molar-refractivity contribution in [3.05, 3.63) is 0 Å². The summed E-state index contributed by atoms with van der Waals surface area (Å²) >= 11 is 0. The van der Waals surface area contributed by atoms with Gasteiger partial charge in [0.15, 0.2) is 0 Å². The fourth-order valence-corrected chi connectivity index (χ4v) is 92.2. The Kier molecular flexibility index (Phi) is 0.119. The van der Waals surface area contributed by atoms with Gasteiger partial charge >= 0.3 is 76.5 Å². The van der Waals surface area contributed by atoms with Crippen LogP contribution in [0.3, 0.4) is 0 Å². The molecular formula is C12H12FeO2. The molecule has 0 aromatic carbocycles. The third-order valence-corrected chi connectivity index (χ3v) is 58.4. The van der Waals surface area contributed by atoms with Crippen LogP contribution in [0.5, 0.6) is 0 Å². The summed E-state index contributed by atoms with van der Waals surface area (Å²) in [5.74, 6) is -0.442. The van der Waals surface area contributed by atoms with Gasteiger partial charge in [-0.1, -0.05) is 0 Å². The van der Waals surface area contributed by atoms with Crippen LogP contribution in [0.2, 0.25) is 47.7 Å². The number of fused-ring (bicyclic) bond motifs is 10. The van der Waals surface area contributed by atoms with Crippen LogP contribution in [0.15, 0.2) is 0 Å². The van der Waals surface area contributed by atoms with E-state index in [1.54, 1.807) is 0 Å². The van der Waals surface area contributed by atoms with Crippen LogP contribution >= 0.6 is 0 Å². The van der Waals surface area contributed by atoms with E-state index in [1.165, 1.54) is 33.7 Å². The molecule has 1 N–H and O–H groups in total. The molecule has 80 valence electrons. The molecule has 10 aliphatic rings. The first kappa shape index (κ1) is 5.10. The molecule has 10 heterocycles. The maximum absolute atomic E-state index is 11.2. The van der Waals surface area contributed by atoms with Gasteiger partial charge in [-0.15, -0.1) is 0 Å². The monoisotopic (exact) mass is 244 g/mol.